The van der Waals surface area contributed by atoms with Crippen molar-refractivity contribution < 1.29 is 9.53 Å². The Morgan fingerprint density at radius 1 is 1.14 bits per heavy atom. The molecule has 7 nitrogen and oxygen atoms in total. The number of anilines is 2. The lowest BCUT2D eigenvalue weighted by molar-refractivity contribution is -0.120. The Labute approximate surface area is 173 Å². The monoisotopic (exact) mass is 409 g/mol. The number of ether oxygens (including phenoxy) is 1. The maximum Gasteiger partial charge on any atom is 0.229 e. The largest absolute Gasteiger partial charge is 0.497 e. The van der Waals surface area contributed by atoms with Crippen LogP contribution in [0.4, 0.5) is 10.9 Å². The van der Waals surface area contributed by atoms with Gasteiger partial charge < -0.3 is 15.0 Å². The number of hydrogen-bond donors (Lipinski definition) is 1. The zero-order valence-corrected chi connectivity index (χ0v) is 17.3. The fourth-order valence-corrected chi connectivity index (χ4v) is 4.09. The number of aromatic nitrogens is 3. The molecule has 0 radical (unpaired) electrons. The van der Waals surface area contributed by atoms with E-state index in [0.717, 1.165) is 54.4 Å². The van der Waals surface area contributed by atoms with E-state index in [-0.39, 0.29) is 11.8 Å². The molecule has 4 rings (SSSR count). The lowest BCUT2D eigenvalue weighted by Gasteiger charge is -2.31. The van der Waals surface area contributed by atoms with Gasteiger partial charge in [0, 0.05) is 30.0 Å². The molecule has 1 N–H and O–H groups in total. The smallest absolute Gasteiger partial charge is 0.229 e. The van der Waals surface area contributed by atoms with E-state index in [2.05, 4.69) is 25.4 Å². The number of piperidine rings is 1. The van der Waals surface area contributed by atoms with Gasteiger partial charge in [-0.25, -0.2) is 4.98 Å². The highest BCUT2D eigenvalue weighted by atomic mass is 32.1. The first-order chi connectivity index (χ1) is 14.1. The number of rotatable bonds is 5. The summed E-state index contributed by atoms with van der Waals surface area (Å²) < 4.78 is 5.19. The molecule has 0 unspecified atom stereocenters. The Morgan fingerprint density at radius 3 is 2.48 bits per heavy atom. The molecule has 0 aliphatic carbocycles. The molecule has 3 heterocycles. The molecule has 0 atom stereocenters. The zero-order chi connectivity index (χ0) is 20.2. The van der Waals surface area contributed by atoms with Crippen LogP contribution in [0.25, 0.3) is 11.3 Å². The first-order valence-corrected chi connectivity index (χ1v) is 10.5. The Hall–Kier alpha value is -3.00. The highest BCUT2D eigenvalue weighted by molar-refractivity contribution is 7.13. The summed E-state index contributed by atoms with van der Waals surface area (Å²) in [6.07, 6.45) is 1.58. The fourth-order valence-electron chi connectivity index (χ4n) is 3.40. The van der Waals surface area contributed by atoms with Crippen molar-refractivity contribution in [3.8, 4) is 17.0 Å². The molecule has 1 fully saturated rings. The minimum atomic E-state index is 0.00184. The molecule has 1 saturated heterocycles. The van der Waals surface area contributed by atoms with Crippen LogP contribution in [0.15, 0.2) is 41.8 Å². The number of aryl methyl sites for hydroxylation is 1. The molecule has 1 aliphatic rings. The number of nitrogens with one attached hydrogen (secondary N) is 1. The predicted molar refractivity (Wildman–Crippen MR) is 114 cm³/mol. The second-order valence-corrected chi connectivity index (χ2v) is 7.91. The van der Waals surface area contributed by atoms with Gasteiger partial charge in [-0.1, -0.05) is 0 Å². The molecule has 0 spiro atoms. The fraction of sp³-hybridized carbons (Fsp3) is 0.333. The first kappa shape index (κ1) is 19.3. The Morgan fingerprint density at radius 2 is 1.90 bits per heavy atom. The summed E-state index contributed by atoms with van der Waals surface area (Å²) >= 11 is 1.46. The minimum Gasteiger partial charge on any atom is -0.497 e. The second kappa shape index (κ2) is 8.57. The van der Waals surface area contributed by atoms with Crippen molar-refractivity contribution in [1.82, 2.24) is 15.2 Å². The van der Waals surface area contributed by atoms with Crippen LogP contribution in [0.1, 0.15) is 18.5 Å². The van der Waals surface area contributed by atoms with Crippen LogP contribution in [0.5, 0.6) is 5.75 Å². The lowest BCUT2D eigenvalue weighted by Crippen LogP contribution is -2.38. The van der Waals surface area contributed by atoms with Crippen molar-refractivity contribution in [3.63, 3.8) is 0 Å². The van der Waals surface area contributed by atoms with Gasteiger partial charge in [-0.05, 0) is 56.2 Å². The standard InChI is InChI=1S/C21H23N5O2S/c1-14-13-29-21(22-14)23-20(27)16-9-11-26(12-10-16)19-8-7-18(24-25-19)15-3-5-17(28-2)6-4-15/h3-8,13,16H,9-12H2,1-2H3,(H,22,23,27). The van der Waals surface area contributed by atoms with Gasteiger partial charge in [0.2, 0.25) is 5.91 Å². The molecule has 0 bridgehead atoms. The van der Waals surface area contributed by atoms with Crippen molar-refractivity contribution in [2.75, 3.05) is 30.4 Å². The van der Waals surface area contributed by atoms with Crippen LogP contribution in [-0.2, 0) is 4.79 Å². The molecular weight excluding hydrogens is 386 g/mol. The number of carbonyl (C=O) groups is 1. The van der Waals surface area contributed by atoms with Crippen molar-refractivity contribution >= 4 is 28.2 Å². The molecule has 8 heteroatoms. The predicted octanol–water partition coefficient (Wildman–Crippen LogP) is 3.77. The van der Waals surface area contributed by atoms with Gasteiger partial charge >= 0.3 is 0 Å². The van der Waals surface area contributed by atoms with Crippen LogP contribution in [-0.4, -0.2) is 41.3 Å². The number of nitrogens with zero attached hydrogens (tertiary/aromatic N) is 4. The molecule has 1 aliphatic heterocycles. The average Bonchev–Trinajstić information content (AvgIpc) is 3.18. The van der Waals surface area contributed by atoms with Crippen molar-refractivity contribution in [2.45, 2.75) is 19.8 Å². The first-order valence-electron chi connectivity index (χ1n) is 9.58. The summed E-state index contributed by atoms with van der Waals surface area (Å²) in [7, 11) is 1.65. The van der Waals surface area contributed by atoms with E-state index in [1.54, 1.807) is 7.11 Å². The van der Waals surface area contributed by atoms with E-state index >= 15 is 0 Å². The SMILES string of the molecule is COc1ccc(-c2ccc(N3CCC(C(=O)Nc4nc(C)cs4)CC3)nn2)cc1. The third-order valence-corrected chi connectivity index (χ3v) is 5.95. The maximum absolute atomic E-state index is 12.5. The van der Waals surface area contributed by atoms with Gasteiger partial charge in [-0.2, -0.15) is 0 Å². The van der Waals surface area contributed by atoms with Gasteiger partial charge in [0.05, 0.1) is 18.5 Å². The van der Waals surface area contributed by atoms with Gasteiger partial charge in [-0.15, -0.1) is 21.5 Å². The summed E-state index contributed by atoms with van der Waals surface area (Å²) in [4.78, 5) is 19.0. The second-order valence-electron chi connectivity index (χ2n) is 7.05. The molecule has 150 valence electrons. The molecule has 29 heavy (non-hydrogen) atoms. The van der Waals surface area contributed by atoms with Gasteiger partial charge in [0.1, 0.15) is 5.75 Å². The summed E-state index contributed by atoms with van der Waals surface area (Å²) in [6, 6.07) is 11.7. The highest BCUT2D eigenvalue weighted by Gasteiger charge is 2.26. The third-order valence-electron chi connectivity index (χ3n) is 5.08. The lowest BCUT2D eigenvalue weighted by atomic mass is 9.96. The van der Waals surface area contributed by atoms with Gasteiger partial charge in [0.25, 0.3) is 0 Å². The topological polar surface area (TPSA) is 80.2 Å². The summed E-state index contributed by atoms with van der Waals surface area (Å²) in [5.41, 5.74) is 2.75. The zero-order valence-electron chi connectivity index (χ0n) is 16.5. The Kier molecular flexibility index (Phi) is 5.71. The van der Waals surface area contributed by atoms with Crippen LogP contribution in [0.2, 0.25) is 0 Å². The average molecular weight is 410 g/mol. The Balaban J connectivity index is 1.34. The number of carbonyl (C=O) groups excluding carboxylic acids is 1. The van der Waals surface area contributed by atoms with Crippen LogP contribution < -0.4 is 15.0 Å². The maximum atomic E-state index is 12.5. The van der Waals surface area contributed by atoms with E-state index in [0.29, 0.717) is 5.13 Å². The van der Waals surface area contributed by atoms with Crippen LogP contribution in [0, 0.1) is 12.8 Å². The molecule has 1 aromatic carbocycles. The van der Waals surface area contributed by atoms with E-state index in [1.165, 1.54) is 11.3 Å². The Bertz CT molecular complexity index is 963. The van der Waals surface area contributed by atoms with Crippen molar-refractivity contribution in [2.24, 2.45) is 5.92 Å². The summed E-state index contributed by atoms with van der Waals surface area (Å²) in [6.45, 7) is 3.49. The summed E-state index contributed by atoms with van der Waals surface area (Å²) in [5.74, 6) is 1.72. The van der Waals surface area contributed by atoms with E-state index in [9.17, 15) is 4.79 Å². The molecule has 0 saturated carbocycles. The third kappa shape index (κ3) is 4.54. The number of thiazole rings is 1. The quantitative estimate of drug-likeness (QED) is 0.691. The number of hydrogen-bond acceptors (Lipinski definition) is 7. The van der Waals surface area contributed by atoms with Crippen molar-refractivity contribution in [1.29, 1.82) is 0 Å². The van der Waals surface area contributed by atoms with Gasteiger partial charge in [0.15, 0.2) is 10.9 Å². The van der Waals surface area contributed by atoms with Crippen LogP contribution in [0.3, 0.4) is 0 Å². The molecule has 2 aromatic heterocycles. The summed E-state index contributed by atoms with van der Waals surface area (Å²) in [5, 5.41) is 14.3. The van der Waals surface area contributed by atoms with Crippen molar-refractivity contribution in [3.05, 3.63) is 47.5 Å². The highest BCUT2D eigenvalue weighted by Crippen LogP contribution is 2.25. The number of benzene rings is 1. The molecule has 1 amide bonds. The van der Waals surface area contributed by atoms with E-state index in [4.69, 9.17) is 4.74 Å². The molecule has 3 aromatic rings. The number of methoxy groups -OCH3 is 1. The van der Waals surface area contributed by atoms with E-state index in [1.807, 2.05) is 48.7 Å². The number of amides is 1. The normalized spacial score (nSPS) is 14.6. The van der Waals surface area contributed by atoms with Crippen LogP contribution >= 0.6 is 11.3 Å². The van der Waals surface area contributed by atoms with Gasteiger partial charge in [-0.3, -0.25) is 4.79 Å². The molecular formula is C21H23N5O2S. The van der Waals surface area contributed by atoms with E-state index < -0.39 is 0 Å². The minimum absolute atomic E-state index is 0.00184.